The molecule has 3 heteroatoms. The molecular formula is C15H15ClO2. The largest absolute Gasteiger partial charge is 0.493 e. The normalized spacial score (nSPS) is 15.9. The van der Waals surface area contributed by atoms with E-state index in [1.165, 1.54) is 5.56 Å². The van der Waals surface area contributed by atoms with Crippen LogP contribution < -0.4 is 4.74 Å². The van der Waals surface area contributed by atoms with E-state index >= 15 is 0 Å². The summed E-state index contributed by atoms with van der Waals surface area (Å²) >= 11 is 6.49. The molecule has 1 aliphatic rings. The van der Waals surface area contributed by atoms with Gasteiger partial charge in [-0.05, 0) is 48.6 Å². The minimum Gasteiger partial charge on any atom is -0.493 e. The van der Waals surface area contributed by atoms with Gasteiger partial charge in [0, 0.05) is 0 Å². The van der Waals surface area contributed by atoms with Crippen molar-refractivity contribution in [3.05, 3.63) is 53.0 Å². The van der Waals surface area contributed by atoms with E-state index in [0.29, 0.717) is 0 Å². The minimum absolute atomic E-state index is 0.229. The summed E-state index contributed by atoms with van der Waals surface area (Å²) in [6.07, 6.45) is 3.81. The molecule has 0 saturated heterocycles. The van der Waals surface area contributed by atoms with E-state index in [1.807, 2.05) is 25.1 Å². The van der Waals surface area contributed by atoms with Crippen molar-refractivity contribution in [2.24, 2.45) is 0 Å². The lowest BCUT2D eigenvalue weighted by Crippen LogP contribution is -2.09. The molecule has 2 aromatic rings. The second-order valence-corrected chi connectivity index (χ2v) is 5.09. The van der Waals surface area contributed by atoms with Gasteiger partial charge in [-0.3, -0.25) is 0 Å². The quantitative estimate of drug-likeness (QED) is 0.756. The SMILES string of the molecule is Cc1ccoc1C(Cl)c1ccc2c(c1)CCCO2. The highest BCUT2D eigenvalue weighted by Crippen LogP contribution is 2.35. The molecule has 94 valence electrons. The van der Waals surface area contributed by atoms with Crippen LogP contribution in [0.1, 0.15) is 34.2 Å². The maximum Gasteiger partial charge on any atom is 0.128 e. The lowest BCUT2D eigenvalue weighted by molar-refractivity contribution is 0.288. The smallest absolute Gasteiger partial charge is 0.128 e. The first-order valence-electron chi connectivity index (χ1n) is 6.19. The van der Waals surface area contributed by atoms with E-state index in [2.05, 4.69) is 6.07 Å². The summed E-state index contributed by atoms with van der Waals surface area (Å²) in [4.78, 5) is 0. The van der Waals surface area contributed by atoms with Crippen molar-refractivity contribution in [3.8, 4) is 5.75 Å². The van der Waals surface area contributed by atoms with Crippen LogP contribution in [0.5, 0.6) is 5.75 Å². The molecule has 0 saturated carbocycles. The molecule has 0 fully saturated rings. The molecule has 1 atom stereocenters. The van der Waals surface area contributed by atoms with Crippen molar-refractivity contribution in [2.45, 2.75) is 25.1 Å². The molecule has 0 aliphatic carbocycles. The Morgan fingerprint density at radius 1 is 1.28 bits per heavy atom. The molecule has 3 rings (SSSR count). The van der Waals surface area contributed by atoms with Gasteiger partial charge in [0.25, 0.3) is 0 Å². The number of hydrogen-bond donors (Lipinski definition) is 0. The van der Waals surface area contributed by atoms with Crippen molar-refractivity contribution < 1.29 is 9.15 Å². The number of alkyl halides is 1. The number of ether oxygens (including phenoxy) is 1. The first kappa shape index (κ1) is 11.7. The van der Waals surface area contributed by atoms with Gasteiger partial charge in [0.15, 0.2) is 0 Å². The molecule has 18 heavy (non-hydrogen) atoms. The van der Waals surface area contributed by atoms with E-state index in [-0.39, 0.29) is 5.38 Å². The van der Waals surface area contributed by atoms with Gasteiger partial charge in [0.05, 0.1) is 12.9 Å². The molecule has 1 aromatic carbocycles. The molecular weight excluding hydrogens is 248 g/mol. The molecule has 0 amide bonds. The molecule has 1 aliphatic heterocycles. The second kappa shape index (κ2) is 4.69. The fourth-order valence-corrected chi connectivity index (χ4v) is 2.69. The van der Waals surface area contributed by atoms with Crippen molar-refractivity contribution >= 4 is 11.6 Å². The lowest BCUT2D eigenvalue weighted by atomic mass is 10.00. The van der Waals surface area contributed by atoms with Gasteiger partial charge < -0.3 is 9.15 Å². The average Bonchev–Trinajstić information content (AvgIpc) is 2.83. The predicted molar refractivity (Wildman–Crippen MR) is 71.4 cm³/mol. The van der Waals surface area contributed by atoms with Gasteiger partial charge in [-0.15, -0.1) is 11.6 Å². The van der Waals surface area contributed by atoms with E-state index in [4.69, 9.17) is 20.8 Å². The molecule has 2 nitrogen and oxygen atoms in total. The van der Waals surface area contributed by atoms with Crippen LogP contribution in [-0.2, 0) is 6.42 Å². The van der Waals surface area contributed by atoms with E-state index in [9.17, 15) is 0 Å². The third kappa shape index (κ3) is 2.01. The van der Waals surface area contributed by atoms with Crippen LogP contribution in [0.3, 0.4) is 0 Å². The summed E-state index contributed by atoms with van der Waals surface area (Å²) in [7, 11) is 0. The number of rotatable bonds is 2. The standard InChI is InChI=1S/C15H15ClO2/c1-10-6-8-18-15(10)14(16)12-4-5-13-11(9-12)3-2-7-17-13/h4-6,8-9,14H,2-3,7H2,1H3. The van der Waals surface area contributed by atoms with Crippen molar-refractivity contribution in [2.75, 3.05) is 6.61 Å². The highest BCUT2D eigenvalue weighted by atomic mass is 35.5. The number of benzene rings is 1. The summed E-state index contributed by atoms with van der Waals surface area (Å²) in [5, 5.41) is -0.229. The van der Waals surface area contributed by atoms with Gasteiger partial charge in [0.2, 0.25) is 0 Å². The Bertz CT molecular complexity index is 559. The Morgan fingerprint density at radius 2 is 2.17 bits per heavy atom. The number of hydrogen-bond acceptors (Lipinski definition) is 2. The van der Waals surface area contributed by atoms with Crippen molar-refractivity contribution in [1.29, 1.82) is 0 Å². The van der Waals surface area contributed by atoms with Crippen LogP contribution >= 0.6 is 11.6 Å². The molecule has 0 bridgehead atoms. The minimum atomic E-state index is -0.229. The Morgan fingerprint density at radius 3 is 2.94 bits per heavy atom. The Hall–Kier alpha value is -1.41. The third-order valence-corrected chi connectivity index (χ3v) is 3.81. The monoisotopic (exact) mass is 262 g/mol. The Balaban J connectivity index is 1.95. The molecule has 0 radical (unpaired) electrons. The molecule has 2 heterocycles. The number of furan rings is 1. The Kier molecular flexibility index (Phi) is 3.04. The van der Waals surface area contributed by atoms with Crippen LogP contribution in [0.2, 0.25) is 0 Å². The van der Waals surface area contributed by atoms with Gasteiger partial charge in [-0.25, -0.2) is 0 Å². The lowest BCUT2D eigenvalue weighted by Gasteiger charge is -2.19. The van der Waals surface area contributed by atoms with Crippen molar-refractivity contribution in [1.82, 2.24) is 0 Å². The van der Waals surface area contributed by atoms with Crippen LogP contribution in [0.25, 0.3) is 0 Å². The molecule has 1 unspecified atom stereocenters. The van der Waals surface area contributed by atoms with Gasteiger partial charge in [0.1, 0.15) is 16.9 Å². The first-order chi connectivity index (χ1) is 8.75. The predicted octanol–water partition coefficient (Wildman–Crippen LogP) is 4.24. The topological polar surface area (TPSA) is 22.4 Å². The Labute approximate surface area is 112 Å². The zero-order valence-electron chi connectivity index (χ0n) is 10.3. The summed E-state index contributed by atoms with van der Waals surface area (Å²) in [6, 6.07) is 8.10. The second-order valence-electron chi connectivity index (χ2n) is 4.65. The van der Waals surface area contributed by atoms with Crippen molar-refractivity contribution in [3.63, 3.8) is 0 Å². The number of aryl methyl sites for hydroxylation is 2. The zero-order valence-corrected chi connectivity index (χ0v) is 11.0. The fourth-order valence-electron chi connectivity index (χ4n) is 2.33. The molecule has 0 N–H and O–H groups in total. The molecule has 1 aromatic heterocycles. The maximum absolute atomic E-state index is 6.49. The highest BCUT2D eigenvalue weighted by Gasteiger charge is 2.19. The number of halogens is 1. The van der Waals surface area contributed by atoms with Crippen LogP contribution in [0.4, 0.5) is 0 Å². The zero-order chi connectivity index (χ0) is 12.5. The van der Waals surface area contributed by atoms with E-state index in [1.54, 1.807) is 6.26 Å². The van der Waals surface area contributed by atoms with Gasteiger partial charge >= 0.3 is 0 Å². The van der Waals surface area contributed by atoms with Crippen LogP contribution in [0.15, 0.2) is 34.9 Å². The summed E-state index contributed by atoms with van der Waals surface area (Å²) in [5.41, 5.74) is 3.40. The fraction of sp³-hybridized carbons (Fsp3) is 0.333. The summed E-state index contributed by atoms with van der Waals surface area (Å²) < 4.78 is 11.1. The first-order valence-corrected chi connectivity index (χ1v) is 6.63. The van der Waals surface area contributed by atoms with E-state index < -0.39 is 0 Å². The van der Waals surface area contributed by atoms with E-state index in [0.717, 1.165) is 42.1 Å². The number of fused-ring (bicyclic) bond motifs is 1. The van der Waals surface area contributed by atoms with Crippen LogP contribution in [-0.4, -0.2) is 6.61 Å². The average molecular weight is 263 g/mol. The maximum atomic E-state index is 6.49. The highest BCUT2D eigenvalue weighted by molar-refractivity contribution is 6.22. The summed E-state index contributed by atoms with van der Waals surface area (Å²) in [6.45, 7) is 2.82. The third-order valence-electron chi connectivity index (χ3n) is 3.36. The molecule has 0 spiro atoms. The van der Waals surface area contributed by atoms with Crippen LogP contribution in [0, 0.1) is 6.92 Å². The van der Waals surface area contributed by atoms with Gasteiger partial charge in [-0.1, -0.05) is 12.1 Å². The summed E-state index contributed by atoms with van der Waals surface area (Å²) in [5.74, 6) is 1.82. The van der Waals surface area contributed by atoms with Gasteiger partial charge in [-0.2, -0.15) is 0 Å².